The third kappa shape index (κ3) is 7.42. The van der Waals surface area contributed by atoms with E-state index < -0.39 is 0 Å². The predicted molar refractivity (Wildman–Crippen MR) is 107 cm³/mol. The van der Waals surface area contributed by atoms with E-state index in [2.05, 4.69) is 37.8 Å². The number of likely N-dealkylation sites (N-methyl/N-ethyl adjacent to an activating group) is 1. The van der Waals surface area contributed by atoms with Crippen LogP contribution in [0.3, 0.4) is 0 Å². The molecule has 1 aliphatic heterocycles. The minimum absolute atomic E-state index is 0.0682. The van der Waals surface area contributed by atoms with Crippen LogP contribution >= 0.6 is 0 Å². The van der Waals surface area contributed by atoms with Crippen molar-refractivity contribution in [3.63, 3.8) is 0 Å². The summed E-state index contributed by atoms with van der Waals surface area (Å²) in [5.41, 5.74) is 1.07. The SMILES string of the molecule is CCCOc1ccc(CNC(=NC)NC2CCN(CC(=O)NC)CC2)cn1. The Balaban J connectivity index is 1.72. The average molecular weight is 377 g/mol. The Morgan fingerprint density at radius 2 is 2.15 bits per heavy atom. The number of rotatable bonds is 8. The van der Waals surface area contributed by atoms with E-state index in [1.54, 1.807) is 14.1 Å². The molecule has 0 unspecified atom stereocenters. The minimum Gasteiger partial charge on any atom is -0.478 e. The molecule has 0 spiro atoms. The highest BCUT2D eigenvalue weighted by Gasteiger charge is 2.21. The molecule has 0 bridgehead atoms. The van der Waals surface area contributed by atoms with Crippen LogP contribution in [0.15, 0.2) is 23.3 Å². The molecule has 1 amide bonds. The second kappa shape index (κ2) is 11.4. The quantitative estimate of drug-likeness (QED) is 0.458. The van der Waals surface area contributed by atoms with Gasteiger partial charge in [0.1, 0.15) is 0 Å². The van der Waals surface area contributed by atoms with Crippen LogP contribution in [0.5, 0.6) is 5.88 Å². The number of ether oxygens (including phenoxy) is 1. The first-order chi connectivity index (χ1) is 13.1. The van der Waals surface area contributed by atoms with Crippen molar-refractivity contribution < 1.29 is 9.53 Å². The van der Waals surface area contributed by atoms with Crippen LogP contribution in [-0.4, -0.2) is 68.1 Å². The van der Waals surface area contributed by atoms with E-state index in [9.17, 15) is 4.79 Å². The number of guanidine groups is 1. The van der Waals surface area contributed by atoms with Crippen LogP contribution in [0.25, 0.3) is 0 Å². The van der Waals surface area contributed by atoms with Crippen molar-refractivity contribution in [3.8, 4) is 5.88 Å². The first-order valence-electron chi connectivity index (χ1n) is 9.62. The van der Waals surface area contributed by atoms with Gasteiger partial charge in [-0.15, -0.1) is 0 Å². The van der Waals surface area contributed by atoms with Gasteiger partial charge in [0.25, 0.3) is 0 Å². The summed E-state index contributed by atoms with van der Waals surface area (Å²) in [4.78, 5) is 22.3. The van der Waals surface area contributed by atoms with Gasteiger partial charge in [0.15, 0.2) is 5.96 Å². The summed E-state index contributed by atoms with van der Waals surface area (Å²) in [5.74, 6) is 1.51. The number of piperidine rings is 1. The number of amides is 1. The number of hydrogen-bond acceptors (Lipinski definition) is 5. The smallest absolute Gasteiger partial charge is 0.233 e. The number of aromatic nitrogens is 1. The molecule has 1 aromatic rings. The van der Waals surface area contributed by atoms with E-state index >= 15 is 0 Å². The van der Waals surface area contributed by atoms with E-state index in [4.69, 9.17) is 4.74 Å². The Hall–Kier alpha value is -2.35. The Morgan fingerprint density at radius 1 is 1.37 bits per heavy atom. The Kier molecular flexibility index (Phi) is 8.83. The molecule has 1 aliphatic rings. The van der Waals surface area contributed by atoms with Crippen molar-refractivity contribution in [2.24, 2.45) is 4.99 Å². The molecule has 3 N–H and O–H groups in total. The molecule has 2 heterocycles. The lowest BCUT2D eigenvalue weighted by molar-refractivity contribution is -0.122. The molecule has 0 aliphatic carbocycles. The third-order valence-electron chi connectivity index (χ3n) is 4.51. The number of carbonyl (C=O) groups is 1. The molecule has 0 atom stereocenters. The summed E-state index contributed by atoms with van der Waals surface area (Å²) < 4.78 is 5.50. The van der Waals surface area contributed by atoms with Crippen molar-refractivity contribution in [2.75, 3.05) is 40.3 Å². The van der Waals surface area contributed by atoms with Gasteiger partial charge in [-0.05, 0) is 24.8 Å². The zero-order valence-corrected chi connectivity index (χ0v) is 16.6. The van der Waals surface area contributed by atoms with Crippen LogP contribution < -0.4 is 20.7 Å². The van der Waals surface area contributed by atoms with E-state index in [1.165, 1.54) is 0 Å². The fourth-order valence-corrected chi connectivity index (χ4v) is 2.90. The minimum atomic E-state index is 0.0682. The van der Waals surface area contributed by atoms with Gasteiger partial charge >= 0.3 is 0 Å². The second-order valence-corrected chi connectivity index (χ2v) is 6.65. The largest absolute Gasteiger partial charge is 0.478 e. The summed E-state index contributed by atoms with van der Waals surface area (Å²) in [7, 11) is 3.45. The summed E-state index contributed by atoms with van der Waals surface area (Å²) in [6, 6.07) is 4.26. The maximum Gasteiger partial charge on any atom is 0.233 e. The van der Waals surface area contributed by atoms with Gasteiger partial charge < -0.3 is 20.7 Å². The Labute approximate surface area is 161 Å². The number of nitrogens with zero attached hydrogens (tertiary/aromatic N) is 3. The molecule has 1 fully saturated rings. The summed E-state index contributed by atoms with van der Waals surface area (Å²) in [5, 5.41) is 9.47. The molecule has 8 nitrogen and oxygen atoms in total. The number of pyridine rings is 1. The Bertz CT molecular complexity index is 597. The van der Waals surface area contributed by atoms with Gasteiger partial charge in [0.2, 0.25) is 11.8 Å². The molecular formula is C19H32N6O2. The highest BCUT2D eigenvalue weighted by Crippen LogP contribution is 2.10. The summed E-state index contributed by atoms with van der Waals surface area (Å²) in [6.07, 6.45) is 4.77. The molecule has 2 rings (SSSR count). The number of carbonyl (C=O) groups excluding carboxylic acids is 1. The van der Waals surface area contributed by atoms with Gasteiger partial charge in [0, 0.05) is 52.0 Å². The lowest BCUT2D eigenvalue weighted by Crippen LogP contribution is -2.49. The summed E-state index contributed by atoms with van der Waals surface area (Å²) in [6.45, 7) is 5.69. The van der Waals surface area contributed by atoms with Crippen LogP contribution in [0.4, 0.5) is 0 Å². The maximum atomic E-state index is 11.5. The number of likely N-dealkylation sites (tertiary alicyclic amines) is 1. The standard InChI is InChI=1S/C19H32N6O2/c1-4-11-27-18-6-5-15(12-22-18)13-23-19(21-3)24-16-7-9-25(10-8-16)14-17(26)20-2/h5-6,12,16H,4,7-11,13-14H2,1-3H3,(H,20,26)(H2,21,23,24). The first-order valence-corrected chi connectivity index (χ1v) is 9.62. The molecule has 0 radical (unpaired) electrons. The van der Waals surface area contributed by atoms with E-state index in [0.29, 0.717) is 31.6 Å². The predicted octanol–water partition coefficient (Wildman–Crippen LogP) is 0.746. The summed E-state index contributed by atoms with van der Waals surface area (Å²) >= 11 is 0. The van der Waals surface area contributed by atoms with E-state index in [0.717, 1.165) is 43.9 Å². The normalized spacial score (nSPS) is 16.0. The van der Waals surface area contributed by atoms with Crippen molar-refractivity contribution in [1.82, 2.24) is 25.8 Å². The molecular weight excluding hydrogens is 344 g/mol. The lowest BCUT2D eigenvalue weighted by Gasteiger charge is -2.32. The molecule has 1 aromatic heterocycles. The van der Waals surface area contributed by atoms with Crippen LogP contribution in [0, 0.1) is 0 Å². The lowest BCUT2D eigenvalue weighted by atomic mass is 10.1. The van der Waals surface area contributed by atoms with Gasteiger partial charge in [-0.25, -0.2) is 4.98 Å². The van der Waals surface area contributed by atoms with Crippen LogP contribution in [-0.2, 0) is 11.3 Å². The number of aliphatic imine (C=N–C) groups is 1. The fourth-order valence-electron chi connectivity index (χ4n) is 2.90. The maximum absolute atomic E-state index is 11.5. The number of hydrogen-bond donors (Lipinski definition) is 3. The van der Waals surface area contributed by atoms with Gasteiger partial charge in [-0.1, -0.05) is 13.0 Å². The van der Waals surface area contributed by atoms with Crippen molar-refractivity contribution in [3.05, 3.63) is 23.9 Å². The van der Waals surface area contributed by atoms with Gasteiger partial charge in [0.05, 0.1) is 13.2 Å². The second-order valence-electron chi connectivity index (χ2n) is 6.65. The molecule has 150 valence electrons. The topological polar surface area (TPSA) is 90.9 Å². The third-order valence-corrected chi connectivity index (χ3v) is 4.51. The first kappa shape index (κ1) is 21.0. The average Bonchev–Trinajstić information content (AvgIpc) is 2.71. The fraction of sp³-hybridized carbons (Fsp3) is 0.632. The molecule has 0 saturated carbocycles. The highest BCUT2D eigenvalue weighted by atomic mass is 16.5. The van der Waals surface area contributed by atoms with E-state index in [-0.39, 0.29) is 5.91 Å². The van der Waals surface area contributed by atoms with Crippen LogP contribution in [0.1, 0.15) is 31.7 Å². The van der Waals surface area contributed by atoms with Crippen molar-refractivity contribution in [1.29, 1.82) is 0 Å². The highest BCUT2D eigenvalue weighted by molar-refractivity contribution is 5.80. The van der Waals surface area contributed by atoms with Crippen molar-refractivity contribution in [2.45, 2.75) is 38.8 Å². The van der Waals surface area contributed by atoms with Gasteiger partial charge in [-0.2, -0.15) is 0 Å². The molecule has 0 aromatic carbocycles. The molecule has 27 heavy (non-hydrogen) atoms. The Morgan fingerprint density at radius 3 is 2.74 bits per heavy atom. The van der Waals surface area contributed by atoms with Gasteiger partial charge in [-0.3, -0.25) is 14.7 Å². The van der Waals surface area contributed by atoms with Crippen molar-refractivity contribution >= 4 is 11.9 Å². The monoisotopic (exact) mass is 376 g/mol. The zero-order chi connectivity index (χ0) is 19.5. The van der Waals surface area contributed by atoms with E-state index in [1.807, 2.05) is 18.3 Å². The zero-order valence-electron chi connectivity index (χ0n) is 16.6. The molecule has 8 heteroatoms. The van der Waals surface area contributed by atoms with Crippen LogP contribution in [0.2, 0.25) is 0 Å². The molecule has 1 saturated heterocycles. The number of nitrogens with one attached hydrogen (secondary N) is 3.